The third-order valence-corrected chi connectivity index (χ3v) is 10.3. The van der Waals surface area contributed by atoms with E-state index in [9.17, 15) is 0 Å². The number of nitrogens with zero attached hydrogens (tertiary/aromatic N) is 3. The Morgan fingerprint density at radius 1 is 0.314 bits per heavy atom. The fourth-order valence-corrected chi connectivity index (χ4v) is 7.73. The lowest BCUT2D eigenvalue weighted by molar-refractivity contribution is 1.08. The number of hydrogen-bond donors (Lipinski definition) is 0. The van der Waals surface area contributed by atoms with Crippen molar-refractivity contribution in [3.8, 4) is 78.0 Å². The van der Waals surface area contributed by atoms with Crippen LogP contribution in [0.3, 0.4) is 0 Å². The zero-order valence-corrected chi connectivity index (χ0v) is 28.5. The van der Waals surface area contributed by atoms with E-state index in [1.165, 1.54) is 43.5 Å². The molecule has 0 bridgehead atoms. The molecule has 2 heterocycles. The molecule has 51 heavy (non-hydrogen) atoms. The molecule has 0 saturated heterocycles. The van der Waals surface area contributed by atoms with Gasteiger partial charge >= 0.3 is 0 Å². The van der Waals surface area contributed by atoms with E-state index < -0.39 is 0 Å². The van der Waals surface area contributed by atoms with Crippen LogP contribution in [0.1, 0.15) is 0 Å². The van der Waals surface area contributed by atoms with Crippen LogP contribution in [-0.2, 0) is 0 Å². The normalized spacial score (nSPS) is 11.1. The highest BCUT2D eigenvalue weighted by molar-refractivity contribution is 7.22. The van der Waals surface area contributed by atoms with E-state index >= 15 is 0 Å². The van der Waals surface area contributed by atoms with E-state index in [0.717, 1.165) is 27.1 Å². The van der Waals surface area contributed by atoms with E-state index in [4.69, 9.17) is 15.0 Å². The van der Waals surface area contributed by atoms with Gasteiger partial charge in [0.2, 0.25) is 0 Å². The Morgan fingerprint density at radius 3 is 1.24 bits per heavy atom. The van der Waals surface area contributed by atoms with Gasteiger partial charge in [0.25, 0.3) is 0 Å². The highest BCUT2D eigenvalue weighted by Gasteiger charge is 2.20. The van der Waals surface area contributed by atoms with Gasteiger partial charge in [-0.3, -0.25) is 0 Å². The molecule has 2 aromatic heterocycles. The quantitative estimate of drug-likeness (QED) is 0.169. The maximum Gasteiger partial charge on any atom is 0.174 e. The summed E-state index contributed by atoms with van der Waals surface area (Å²) in [5.74, 6) is 1.99. The van der Waals surface area contributed by atoms with Crippen LogP contribution in [0.15, 0.2) is 188 Å². The van der Waals surface area contributed by atoms with E-state index in [1.54, 1.807) is 11.3 Å². The lowest BCUT2D eigenvalue weighted by atomic mass is 9.83. The Morgan fingerprint density at radius 2 is 0.706 bits per heavy atom. The summed E-state index contributed by atoms with van der Waals surface area (Å²) in [4.78, 5) is 16.0. The Balaban J connectivity index is 1.20. The van der Waals surface area contributed by atoms with Crippen molar-refractivity contribution in [3.63, 3.8) is 0 Å². The van der Waals surface area contributed by atoms with Crippen molar-refractivity contribution in [1.82, 2.24) is 15.0 Å². The molecule has 0 aliphatic rings. The molecule has 0 fully saturated rings. The highest BCUT2D eigenvalue weighted by Crippen LogP contribution is 2.45. The van der Waals surface area contributed by atoms with Crippen molar-refractivity contribution in [3.05, 3.63) is 188 Å². The molecule has 0 N–H and O–H groups in total. The minimum Gasteiger partial charge on any atom is -0.208 e. The van der Waals surface area contributed by atoms with E-state index in [0.29, 0.717) is 17.5 Å². The zero-order chi connectivity index (χ0) is 34.0. The molecule has 0 unspecified atom stereocenters. The first kappa shape index (κ1) is 30.6. The fraction of sp³-hybridized carbons (Fsp3) is 0. The fourth-order valence-electron chi connectivity index (χ4n) is 6.73. The van der Waals surface area contributed by atoms with Gasteiger partial charge < -0.3 is 0 Å². The van der Waals surface area contributed by atoms with Crippen molar-refractivity contribution >= 4 is 21.4 Å². The summed E-state index contributed by atoms with van der Waals surface area (Å²) in [6, 6.07) is 66.0. The van der Waals surface area contributed by atoms with Crippen LogP contribution in [0.25, 0.3) is 88.1 Å². The van der Waals surface area contributed by atoms with Gasteiger partial charge in [0.15, 0.2) is 17.5 Å². The molecule has 0 atom stereocenters. The smallest absolute Gasteiger partial charge is 0.174 e. The third kappa shape index (κ3) is 6.03. The topological polar surface area (TPSA) is 38.7 Å². The Hall–Kier alpha value is -6.49. The first-order chi connectivity index (χ1) is 25.3. The Labute approximate surface area is 301 Å². The molecule has 0 aliphatic heterocycles. The largest absolute Gasteiger partial charge is 0.208 e. The van der Waals surface area contributed by atoms with Gasteiger partial charge in [-0.2, -0.15) is 0 Å². The number of thiophene rings is 1. The molecular formula is C47H31N3S. The molecule has 0 aliphatic carbocycles. The van der Waals surface area contributed by atoms with Crippen molar-refractivity contribution in [2.75, 3.05) is 0 Å². The molecule has 0 spiro atoms. The lowest BCUT2D eigenvalue weighted by Crippen LogP contribution is -1.99. The molecular weight excluding hydrogens is 639 g/mol. The summed E-state index contributed by atoms with van der Waals surface area (Å²) >= 11 is 1.70. The molecule has 240 valence electrons. The van der Waals surface area contributed by atoms with Crippen LogP contribution in [0.2, 0.25) is 0 Å². The van der Waals surface area contributed by atoms with Crippen LogP contribution in [0, 0.1) is 0 Å². The second-order valence-corrected chi connectivity index (χ2v) is 13.5. The first-order valence-electron chi connectivity index (χ1n) is 17.0. The molecule has 4 heteroatoms. The monoisotopic (exact) mass is 669 g/mol. The van der Waals surface area contributed by atoms with Crippen LogP contribution in [-0.4, -0.2) is 15.0 Å². The predicted molar refractivity (Wildman–Crippen MR) is 213 cm³/mol. The summed E-state index contributed by atoms with van der Waals surface area (Å²) in [7, 11) is 0. The summed E-state index contributed by atoms with van der Waals surface area (Å²) in [5, 5.41) is 1.19. The number of rotatable bonds is 7. The molecule has 9 rings (SSSR count). The minimum atomic E-state index is 0.649. The van der Waals surface area contributed by atoms with Gasteiger partial charge in [-0.1, -0.05) is 176 Å². The van der Waals surface area contributed by atoms with Gasteiger partial charge in [-0.15, -0.1) is 11.3 Å². The van der Waals surface area contributed by atoms with Gasteiger partial charge in [0, 0.05) is 15.8 Å². The van der Waals surface area contributed by atoms with Crippen molar-refractivity contribution in [2.24, 2.45) is 0 Å². The first-order valence-corrected chi connectivity index (χ1v) is 17.8. The van der Waals surface area contributed by atoms with Crippen LogP contribution >= 0.6 is 11.3 Å². The van der Waals surface area contributed by atoms with Crippen molar-refractivity contribution < 1.29 is 0 Å². The molecule has 9 aromatic rings. The van der Waals surface area contributed by atoms with Gasteiger partial charge in [0.1, 0.15) is 0 Å². The van der Waals surface area contributed by atoms with E-state index in [-0.39, 0.29) is 0 Å². The molecule has 0 radical (unpaired) electrons. The summed E-state index contributed by atoms with van der Waals surface area (Å²) in [5.41, 5.74) is 11.3. The highest BCUT2D eigenvalue weighted by atomic mass is 32.1. The average molecular weight is 670 g/mol. The maximum atomic E-state index is 5.05. The summed E-state index contributed by atoms with van der Waals surface area (Å²) < 4.78 is 1.21. The zero-order valence-electron chi connectivity index (χ0n) is 27.6. The third-order valence-electron chi connectivity index (χ3n) is 9.18. The van der Waals surface area contributed by atoms with Crippen LogP contribution < -0.4 is 0 Å². The number of fused-ring (bicyclic) bond motifs is 1. The van der Waals surface area contributed by atoms with Crippen LogP contribution in [0.4, 0.5) is 0 Å². The minimum absolute atomic E-state index is 0.649. The van der Waals surface area contributed by atoms with Crippen LogP contribution in [0.5, 0.6) is 0 Å². The molecule has 3 nitrogen and oxygen atoms in total. The second-order valence-electron chi connectivity index (χ2n) is 12.4. The van der Waals surface area contributed by atoms with Gasteiger partial charge in [-0.25, -0.2) is 15.0 Å². The molecule has 7 aromatic carbocycles. The second kappa shape index (κ2) is 13.4. The SMILES string of the molecule is c1ccc(-c2nc(-c3ccc(-c4ccc(-c5ccccc5)c(-c5ccccc5)c4-c4ccccc4)cc3)nc(-c3cc4ccccc4s3)n2)cc1. The molecule has 0 saturated carbocycles. The molecule has 0 amide bonds. The Kier molecular flexibility index (Phi) is 8.05. The Bertz CT molecular complexity index is 2570. The van der Waals surface area contributed by atoms with Crippen molar-refractivity contribution in [1.29, 1.82) is 0 Å². The lowest BCUT2D eigenvalue weighted by Gasteiger charge is -2.21. The average Bonchev–Trinajstić information content (AvgIpc) is 3.66. The predicted octanol–water partition coefficient (Wildman–Crippen LogP) is 12.8. The van der Waals surface area contributed by atoms with E-state index in [2.05, 4.69) is 158 Å². The van der Waals surface area contributed by atoms with Crippen molar-refractivity contribution in [2.45, 2.75) is 0 Å². The number of aromatic nitrogens is 3. The number of hydrogen-bond acceptors (Lipinski definition) is 4. The maximum absolute atomic E-state index is 5.05. The summed E-state index contributed by atoms with van der Waals surface area (Å²) in [6.45, 7) is 0. The van der Waals surface area contributed by atoms with Gasteiger partial charge in [-0.05, 0) is 62.0 Å². The standard InChI is InChI=1S/C47H31N3S/c1-5-15-32(16-6-1)39-29-30-40(44(35-19-9-3-10-20-35)43(39)34-17-7-2-8-18-34)33-25-27-37(28-26-33)46-48-45(36-21-11-4-12-22-36)49-47(50-46)42-31-38-23-13-14-24-41(38)51-42/h1-31H. The summed E-state index contributed by atoms with van der Waals surface area (Å²) in [6.07, 6.45) is 0. The van der Waals surface area contributed by atoms with E-state index in [1.807, 2.05) is 30.3 Å². The number of benzene rings is 7. The van der Waals surface area contributed by atoms with Gasteiger partial charge in [0.05, 0.1) is 4.88 Å².